The van der Waals surface area contributed by atoms with Crippen molar-refractivity contribution < 1.29 is 4.79 Å². The molecule has 0 saturated carbocycles. The summed E-state index contributed by atoms with van der Waals surface area (Å²) in [6.45, 7) is 3.89. The normalized spacial score (nSPS) is 11.5. The average Bonchev–Trinajstić information content (AvgIpc) is 3.22. The summed E-state index contributed by atoms with van der Waals surface area (Å²) in [6, 6.07) is 15.5. The second-order valence-electron chi connectivity index (χ2n) is 5.08. The Labute approximate surface area is 138 Å². The van der Waals surface area contributed by atoms with Crippen LogP contribution < -0.4 is 5.43 Å². The zero-order valence-corrected chi connectivity index (χ0v) is 13.6. The third-order valence-corrected chi connectivity index (χ3v) is 4.37. The highest BCUT2D eigenvalue weighted by molar-refractivity contribution is 7.15. The quantitative estimate of drug-likeness (QED) is 0.568. The molecular weight excluding hydrogens is 308 g/mol. The molecule has 0 saturated heterocycles. The predicted octanol–water partition coefficient (Wildman–Crippen LogP) is 3.60. The molecule has 0 bridgehead atoms. The van der Waals surface area contributed by atoms with E-state index in [4.69, 9.17) is 0 Å². The minimum atomic E-state index is -0.337. The van der Waals surface area contributed by atoms with Crippen LogP contribution in [0.5, 0.6) is 0 Å². The molecule has 23 heavy (non-hydrogen) atoms. The number of benzene rings is 1. The fourth-order valence-electron chi connectivity index (χ4n) is 2.08. The smallest absolute Gasteiger partial charge is 0.276 e. The number of aryl methyl sites for hydroxylation is 1. The van der Waals surface area contributed by atoms with E-state index >= 15 is 0 Å². The highest BCUT2D eigenvalue weighted by Gasteiger charge is 2.12. The first-order valence-corrected chi connectivity index (χ1v) is 7.97. The molecule has 3 aromatic rings. The summed E-state index contributed by atoms with van der Waals surface area (Å²) in [5.41, 5.74) is 5.39. The van der Waals surface area contributed by atoms with Gasteiger partial charge >= 0.3 is 0 Å². The standard InChI is InChI=1S/C17H16N4OS/c1-11-8-9-16(23-11)14-10-15(20-19-14)17(22)21-18-12(2)13-6-4-3-5-7-13/h3-10H,1-2H3,(H,19,20)(H,21,22)/b18-12+. The lowest BCUT2D eigenvalue weighted by Crippen LogP contribution is -2.19. The number of carbonyl (C=O) groups excluding carboxylic acids is 1. The number of nitrogens with zero attached hydrogens (tertiary/aromatic N) is 2. The molecule has 2 N–H and O–H groups in total. The number of hydrazone groups is 1. The van der Waals surface area contributed by atoms with Crippen LogP contribution in [0.1, 0.15) is 27.9 Å². The SMILES string of the molecule is C/C(=N\NC(=O)c1cc(-c2ccc(C)s2)[nH]n1)c1ccccc1. The van der Waals surface area contributed by atoms with Crippen LogP contribution in [-0.4, -0.2) is 21.8 Å². The molecule has 0 aliphatic heterocycles. The average molecular weight is 324 g/mol. The van der Waals surface area contributed by atoms with Gasteiger partial charge in [-0.15, -0.1) is 11.3 Å². The van der Waals surface area contributed by atoms with E-state index in [0.29, 0.717) is 5.69 Å². The van der Waals surface area contributed by atoms with Crippen LogP contribution in [0.3, 0.4) is 0 Å². The molecule has 5 nitrogen and oxygen atoms in total. The van der Waals surface area contributed by atoms with E-state index < -0.39 is 0 Å². The van der Waals surface area contributed by atoms with Crippen molar-refractivity contribution in [2.75, 3.05) is 0 Å². The highest BCUT2D eigenvalue weighted by Crippen LogP contribution is 2.26. The zero-order chi connectivity index (χ0) is 16.2. The summed E-state index contributed by atoms with van der Waals surface area (Å²) < 4.78 is 0. The highest BCUT2D eigenvalue weighted by atomic mass is 32.1. The topological polar surface area (TPSA) is 70.1 Å². The van der Waals surface area contributed by atoms with Crippen LogP contribution in [0.25, 0.3) is 10.6 Å². The summed E-state index contributed by atoms with van der Waals surface area (Å²) in [5.74, 6) is -0.337. The van der Waals surface area contributed by atoms with E-state index in [0.717, 1.165) is 21.8 Å². The molecule has 116 valence electrons. The Hall–Kier alpha value is -2.73. The number of aromatic amines is 1. The van der Waals surface area contributed by atoms with Gasteiger partial charge in [-0.05, 0) is 37.6 Å². The van der Waals surface area contributed by atoms with Gasteiger partial charge in [0.25, 0.3) is 5.91 Å². The molecule has 2 heterocycles. The number of aromatic nitrogens is 2. The molecule has 0 atom stereocenters. The maximum absolute atomic E-state index is 12.1. The largest absolute Gasteiger partial charge is 0.291 e. The molecule has 0 aliphatic rings. The summed E-state index contributed by atoms with van der Waals surface area (Å²) in [6.07, 6.45) is 0. The van der Waals surface area contributed by atoms with E-state index in [2.05, 4.69) is 20.7 Å². The Kier molecular flexibility index (Phi) is 4.34. The number of hydrogen-bond donors (Lipinski definition) is 2. The third-order valence-electron chi connectivity index (χ3n) is 3.33. The van der Waals surface area contributed by atoms with E-state index in [9.17, 15) is 4.79 Å². The van der Waals surface area contributed by atoms with Gasteiger partial charge in [-0.2, -0.15) is 10.2 Å². The Morgan fingerprint density at radius 1 is 1.22 bits per heavy atom. The number of amides is 1. The van der Waals surface area contributed by atoms with Gasteiger partial charge in [-0.25, -0.2) is 5.43 Å². The van der Waals surface area contributed by atoms with Gasteiger partial charge in [0.1, 0.15) is 0 Å². The fourth-order valence-corrected chi connectivity index (χ4v) is 2.91. The number of nitrogens with one attached hydrogen (secondary N) is 2. The summed E-state index contributed by atoms with van der Waals surface area (Å²) >= 11 is 1.65. The van der Waals surface area contributed by atoms with E-state index in [1.165, 1.54) is 4.88 Å². The lowest BCUT2D eigenvalue weighted by Gasteiger charge is -2.00. The third kappa shape index (κ3) is 3.54. The van der Waals surface area contributed by atoms with Crippen LogP contribution in [0, 0.1) is 6.92 Å². The molecule has 6 heteroatoms. The molecule has 2 aromatic heterocycles. The molecule has 1 aromatic carbocycles. The first-order valence-electron chi connectivity index (χ1n) is 7.16. The van der Waals surface area contributed by atoms with Crippen LogP contribution >= 0.6 is 11.3 Å². The molecular formula is C17H16N4OS. The molecule has 0 fully saturated rings. The van der Waals surface area contributed by atoms with E-state index in [-0.39, 0.29) is 5.91 Å². The first-order chi connectivity index (χ1) is 11.1. The van der Waals surface area contributed by atoms with Crippen LogP contribution in [-0.2, 0) is 0 Å². The van der Waals surface area contributed by atoms with Crippen molar-refractivity contribution in [1.82, 2.24) is 15.6 Å². The van der Waals surface area contributed by atoms with Crippen molar-refractivity contribution in [2.24, 2.45) is 5.10 Å². The lowest BCUT2D eigenvalue weighted by atomic mass is 10.1. The Bertz CT molecular complexity index is 848. The van der Waals surface area contributed by atoms with E-state index in [1.54, 1.807) is 17.4 Å². The lowest BCUT2D eigenvalue weighted by molar-refractivity contribution is 0.0950. The van der Waals surface area contributed by atoms with Crippen molar-refractivity contribution >= 4 is 23.0 Å². The molecule has 0 spiro atoms. The van der Waals surface area contributed by atoms with Crippen molar-refractivity contribution in [1.29, 1.82) is 0 Å². The van der Waals surface area contributed by atoms with Gasteiger partial charge in [-0.3, -0.25) is 9.89 Å². The Morgan fingerprint density at radius 3 is 2.70 bits per heavy atom. The van der Waals surface area contributed by atoms with Crippen LogP contribution in [0.15, 0.2) is 53.6 Å². The number of carbonyl (C=O) groups is 1. The maximum atomic E-state index is 12.1. The first kappa shape index (κ1) is 15.2. The Balaban J connectivity index is 1.71. The second-order valence-corrected chi connectivity index (χ2v) is 6.37. The number of hydrogen-bond acceptors (Lipinski definition) is 4. The van der Waals surface area contributed by atoms with Gasteiger partial charge < -0.3 is 0 Å². The zero-order valence-electron chi connectivity index (χ0n) is 12.8. The minimum absolute atomic E-state index is 0.315. The summed E-state index contributed by atoms with van der Waals surface area (Å²) in [7, 11) is 0. The molecule has 0 radical (unpaired) electrons. The van der Waals surface area contributed by atoms with Crippen LogP contribution in [0.4, 0.5) is 0 Å². The number of H-pyrrole nitrogens is 1. The van der Waals surface area contributed by atoms with E-state index in [1.807, 2.05) is 56.3 Å². The van der Waals surface area contributed by atoms with Crippen molar-refractivity contribution in [3.63, 3.8) is 0 Å². The Morgan fingerprint density at radius 2 is 2.00 bits per heavy atom. The summed E-state index contributed by atoms with van der Waals surface area (Å²) in [5, 5.41) is 11.1. The molecule has 1 amide bonds. The van der Waals surface area contributed by atoms with Gasteiger partial charge in [-0.1, -0.05) is 30.3 Å². The second kappa shape index (κ2) is 6.58. The monoisotopic (exact) mass is 324 g/mol. The summed E-state index contributed by atoms with van der Waals surface area (Å²) in [4.78, 5) is 14.4. The number of thiophene rings is 1. The predicted molar refractivity (Wildman–Crippen MR) is 92.8 cm³/mol. The minimum Gasteiger partial charge on any atom is -0.276 e. The fraction of sp³-hybridized carbons (Fsp3) is 0.118. The van der Waals surface area contributed by atoms with Gasteiger partial charge in [0, 0.05) is 4.88 Å². The van der Waals surface area contributed by atoms with Gasteiger partial charge in [0.05, 0.1) is 16.3 Å². The van der Waals surface area contributed by atoms with Gasteiger partial charge in [0.15, 0.2) is 5.69 Å². The van der Waals surface area contributed by atoms with Crippen LogP contribution in [0.2, 0.25) is 0 Å². The molecule has 0 aliphatic carbocycles. The van der Waals surface area contributed by atoms with Gasteiger partial charge in [0.2, 0.25) is 0 Å². The number of rotatable bonds is 4. The van der Waals surface area contributed by atoms with Crippen molar-refractivity contribution in [2.45, 2.75) is 13.8 Å². The molecule has 3 rings (SSSR count). The molecule has 0 unspecified atom stereocenters. The maximum Gasteiger partial charge on any atom is 0.291 e. The van der Waals surface area contributed by atoms with Crippen molar-refractivity contribution in [3.05, 3.63) is 64.7 Å². The van der Waals surface area contributed by atoms with Crippen molar-refractivity contribution in [3.8, 4) is 10.6 Å².